The van der Waals surface area contributed by atoms with Gasteiger partial charge in [0.05, 0.1) is 24.0 Å². The van der Waals surface area contributed by atoms with Crippen LogP contribution in [0.4, 0.5) is 0 Å². The molecule has 0 aromatic carbocycles. The summed E-state index contributed by atoms with van der Waals surface area (Å²) in [6, 6.07) is 0.225. The van der Waals surface area contributed by atoms with Crippen LogP contribution in [-0.2, 0) is 9.59 Å². The minimum atomic E-state index is -0.375. The van der Waals surface area contributed by atoms with E-state index in [1.165, 1.54) is 4.90 Å². The number of likely N-dealkylation sites (tertiary alicyclic amines) is 1. The van der Waals surface area contributed by atoms with E-state index in [4.69, 9.17) is 0 Å². The SMILES string of the molecule is CN1C(=O)C2C(C1=O)C1C3CCCC(O)C3NC1C1NC3C(O)CCCC3C12. The summed E-state index contributed by atoms with van der Waals surface area (Å²) in [7, 11) is 1.64. The molecule has 6 fully saturated rings. The van der Waals surface area contributed by atoms with Crippen LogP contribution in [0.25, 0.3) is 0 Å². The third kappa shape index (κ3) is 2.09. The molecule has 2 amide bonds. The highest BCUT2D eigenvalue weighted by molar-refractivity contribution is 6.05. The van der Waals surface area contributed by atoms with Gasteiger partial charge in [-0.2, -0.15) is 0 Å². The number of amides is 2. The van der Waals surface area contributed by atoms with E-state index < -0.39 is 0 Å². The third-order valence-electron chi connectivity index (χ3n) is 9.25. The third-order valence-corrected chi connectivity index (χ3v) is 9.25. The van der Waals surface area contributed by atoms with Gasteiger partial charge in [0.2, 0.25) is 11.8 Å². The van der Waals surface area contributed by atoms with Crippen LogP contribution in [-0.4, -0.2) is 70.4 Å². The van der Waals surface area contributed by atoms with Gasteiger partial charge in [0.15, 0.2) is 0 Å². The monoisotopic (exact) mass is 389 g/mol. The van der Waals surface area contributed by atoms with Crippen molar-refractivity contribution in [2.24, 2.45) is 35.5 Å². The number of carbonyl (C=O) groups is 2. The molecule has 6 aliphatic rings. The molecule has 0 radical (unpaired) electrons. The molecule has 3 saturated heterocycles. The summed E-state index contributed by atoms with van der Waals surface area (Å²) < 4.78 is 0. The zero-order chi connectivity index (χ0) is 19.3. The number of rotatable bonds is 0. The minimum absolute atomic E-state index is 0.0197. The lowest BCUT2D eigenvalue weighted by molar-refractivity contribution is -0.138. The van der Waals surface area contributed by atoms with Crippen LogP contribution in [0.15, 0.2) is 0 Å². The van der Waals surface area contributed by atoms with Gasteiger partial charge in [-0.1, -0.05) is 12.8 Å². The second-order valence-electron chi connectivity index (χ2n) is 10.2. The molecule has 0 aromatic rings. The van der Waals surface area contributed by atoms with Gasteiger partial charge in [-0.3, -0.25) is 14.5 Å². The van der Waals surface area contributed by atoms with Crippen LogP contribution in [0.3, 0.4) is 0 Å². The van der Waals surface area contributed by atoms with E-state index >= 15 is 0 Å². The smallest absolute Gasteiger partial charge is 0.233 e. The quantitative estimate of drug-likeness (QED) is 0.416. The summed E-state index contributed by atoms with van der Waals surface area (Å²) in [6.07, 6.45) is 4.84. The number of nitrogens with zero attached hydrogens (tertiary/aromatic N) is 1. The number of carbonyl (C=O) groups excluding carboxylic acids is 2. The first-order valence-electron chi connectivity index (χ1n) is 11.2. The number of hydrogen-bond donors (Lipinski definition) is 4. The summed E-state index contributed by atoms with van der Waals surface area (Å²) in [5.74, 6) is 0.110. The van der Waals surface area contributed by atoms with Crippen LogP contribution >= 0.6 is 0 Å². The summed E-state index contributed by atoms with van der Waals surface area (Å²) >= 11 is 0. The Labute approximate surface area is 165 Å². The Balaban J connectivity index is 1.45. The molecular weight excluding hydrogens is 358 g/mol. The predicted molar refractivity (Wildman–Crippen MR) is 99.9 cm³/mol. The maximum atomic E-state index is 13.2. The number of imide groups is 1. The van der Waals surface area contributed by atoms with Gasteiger partial charge < -0.3 is 20.8 Å². The predicted octanol–water partition coefficient (Wildman–Crippen LogP) is -0.534. The number of nitrogens with one attached hydrogen (secondary N) is 2. The van der Waals surface area contributed by atoms with Crippen molar-refractivity contribution in [1.82, 2.24) is 15.5 Å². The lowest BCUT2D eigenvalue weighted by Gasteiger charge is -2.45. The van der Waals surface area contributed by atoms with Crippen LogP contribution in [0.2, 0.25) is 0 Å². The number of fused-ring (bicyclic) bond motifs is 10. The first kappa shape index (κ1) is 17.8. The normalized spacial score (nSPS) is 57.5. The molecule has 3 heterocycles. The molecule has 7 heteroatoms. The van der Waals surface area contributed by atoms with Crippen molar-refractivity contribution in [3.63, 3.8) is 0 Å². The molecule has 0 spiro atoms. The van der Waals surface area contributed by atoms with Crippen molar-refractivity contribution in [1.29, 1.82) is 0 Å². The summed E-state index contributed by atoms with van der Waals surface area (Å²) in [4.78, 5) is 27.8. The van der Waals surface area contributed by atoms with Gasteiger partial charge in [0, 0.05) is 31.2 Å². The molecule has 7 nitrogen and oxygen atoms in total. The van der Waals surface area contributed by atoms with Crippen molar-refractivity contribution >= 4 is 11.8 Å². The van der Waals surface area contributed by atoms with E-state index in [0.29, 0.717) is 0 Å². The fourth-order valence-electron chi connectivity index (χ4n) is 8.28. The average molecular weight is 389 g/mol. The van der Waals surface area contributed by atoms with E-state index in [0.717, 1.165) is 38.5 Å². The van der Waals surface area contributed by atoms with Crippen molar-refractivity contribution in [3.8, 4) is 0 Å². The van der Waals surface area contributed by atoms with Crippen molar-refractivity contribution < 1.29 is 19.8 Å². The topological polar surface area (TPSA) is 102 Å². The van der Waals surface area contributed by atoms with E-state index in [2.05, 4.69) is 10.6 Å². The molecule has 154 valence electrons. The van der Waals surface area contributed by atoms with E-state index in [-0.39, 0.29) is 83.7 Å². The highest BCUT2D eigenvalue weighted by Gasteiger charge is 2.69. The Hall–Kier alpha value is -1.02. The number of aliphatic hydroxyl groups is 2. The van der Waals surface area contributed by atoms with E-state index in [9.17, 15) is 19.8 Å². The van der Waals surface area contributed by atoms with Gasteiger partial charge in [0.25, 0.3) is 0 Å². The molecule has 12 atom stereocenters. The minimum Gasteiger partial charge on any atom is -0.391 e. The lowest BCUT2D eigenvalue weighted by Crippen LogP contribution is -2.59. The van der Waals surface area contributed by atoms with Gasteiger partial charge in [0.1, 0.15) is 0 Å². The number of aliphatic hydroxyl groups excluding tert-OH is 2. The maximum Gasteiger partial charge on any atom is 0.233 e. The Kier molecular flexibility index (Phi) is 3.82. The largest absolute Gasteiger partial charge is 0.391 e. The second-order valence-corrected chi connectivity index (χ2v) is 10.2. The molecule has 3 saturated carbocycles. The standard InChI is InChI=1S/C21H31N3O4/c1-24-20(27)14-12-8-4-2-6-10(25)16(8)22-18(12)19-13(15(14)21(24)28)9-5-3-7-11(26)17(9)23-19/h8-19,22-23,25-26H,2-7H2,1H3. The van der Waals surface area contributed by atoms with Gasteiger partial charge in [-0.25, -0.2) is 0 Å². The lowest BCUT2D eigenvalue weighted by atomic mass is 9.57. The molecule has 3 aliphatic carbocycles. The van der Waals surface area contributed by atoms with E-state index in [1.54, 1.807) is 7.05 Å². The van der Waals surface area contributed by atoms with Gasteiger partial charge >= 0.3 is 0 Å². The summed E-state index contributed by atoms with van der Waals surface area (Å²) in [5, 5.41) is 28.7. The highest BCUT2D eigenvalue weighted by atomic mass is 16.3. The molecule has 6 rings (SSSR count). The van der Waals surface area contributed by atoms with Crippen LogP contribution in [0.5, 0.6) is 0 Å². The zero-order valence-corrected chi connectivity index (χ0v) is 16.3. The maximum absolute atomic E-state index is 13.2. The van der Waals surface area contributed by atoms with Crippen LogP contribution in [0, 0.1) is 35.5 Å². The first-order valence-corrected chi connectivity index (χ1v) is 11.2. The van der Waals surface area contributed by atoms with Crippen LogP contribution in [0.1, 0.15) is 38.5 Å². The van der Waals surface area contributed by atoms with Gasteiger partial charge in [-0.05, 0) is 49.4 Å². The fraction of sp³-hybridized carbons (Fsp3) is 0.905. The molecule has 4 N–H and O–H groups in total. The molecule has 3 aliphatic heterocycles. The number of hydrogen-bond acceptors (Lipinski definition) is 6. The average Bonchev–Trinajstić information content (AvgIpc) is 3.31. The Morgan fingerprint density at radius 3 is 1.61 bits per heavy atom. The summed E-state index contributed by atoms with van der Waals surface area (Å²) in [6.45, 7) is 0. The van der Waals surface area contributed by atoms with Crippen LogP contribution < -0.4 is 10.6 Å². The Bertz CT molecular complexity index is 658. The molecule has 12 unspecified atom stereocenters. The van der Waals surface area contributed by atoms with Crippen molar-refractivity contribution in [2.75, 3.05) is 7.05 Å². The van der Waals surface area contributed by atoms with Crippen molar-refractivity contribution in [2.45, 2.75) is 74.9 Å². The Morgan fingerprint density at radius 2 is 1.18 bits per heavy atom. The van der Waals surface area contributed by atoms with E-state index in [1.807, 2.05) is 0 Å². The zero-order valence-electron chi connectivity index (χ0n) is 16.3. The van der Waals surface area contributed by atoms with Crippen molar-refractivity contribution in [3.05, 3.63) is 0 Å². The summed E-state index contributed by atoms with van der Waals surface area (Å²) in [5.41, 5.74) is 0. The fourth-order valence-corrected chi connectivity index (χ4v) is 8.28. The first-order chi connectivity index (χ1) is 13.5. The second kappa shape index (κ2) is 6.00. The highest BCUT2D eigenvalue weighted by Crippen LogP contribution is 2.58. The molecule has 0 bridgehead atoms. The molecular formula is C21H31N3O4. The molecule has 28 heavy (non-hydrogen) atoms. The van der Waals surface area contributed by atoms with Gasteiger partial charge in [-0.15, -0.1) is 0 Å². The Morgan fingerprint density at radius 1 is 0.750 bits per heavy atom. The molecule has 0 aromatic heterocycles.